The average molecular weight is 534 g/mol. The molecule has 3 saturated heterocycles. The molecule has 8 nitrogen and oxygen atoms in total. The number of para-hydroxylation sites is 1. The van der Waals surface area contributed by atoms with Gasteiger partial charge in [-0.05, 0) is 56.6 Å². The van der Waals surface area contributed by atoms with E-state index in [2.05, 4.69) is 10.6 Å². The third-order valence-electron chi connectivity index (χ3n) is 8.65. The Hall–Kier alpha value is -2.16. The van der Waals surface area contributed by atoms with E-state index in [4.69, 9.17) is 16.3 Å². The van der Waals surface area contributed by atoms with Crippen LogP contribution in [0.3, 0.4) is 0 Å². The Balaban J connectivity index is 1.82. The zero-order valence-electron chi connectivity index (χ0n) is 22.6. The van der Waals surface area contributed by atoms with Gasteiger partial charge in [0, 0.05) is 6.54 Å². The topological polar surface area (TPSA) is 108 Å². The summed E-state index contributed by atoms with van der Waals surface area (Å²) in [6.45, 7) is 12.0. The first kappa shape index (κ1) is 27.9. The fourth-order valence-electron chi connectivity index (χ4n) is 6.93. The Bertz CT molecular complexity index is 1060. The largest absolute Gasteiger partial charge is 0.394 e. The molecule has 3 unspecified atom stereocenters. The van der Waals surface area contributed by atoms with Gasteiger partial charge in [-0.25, -0.2) is 0 Å². The molecule has 37 heavy (non-hydrogen) atoms. The van der Waals surface area contributed by atoms with Crippen LogP contribution in [-0.2, 0) is 19.1 Å². The van der Waals surface area contributed by atoms with Crippen LogP contribution < -0.4 is 10.6 Å². The molecule has 1 spiro atoms. The van der Waals surface area contributed by atoms with Crippen molar-refractivity contribution in [3.05, 3.63) is 28.8 Å². The van der Waals surface area contributed by atoms with Crippen LogP contribution in [0.5, 0.6) is 0 Å². The van der Waals surface area contributed by atoms with Crippen LogP contribution >= 0.6 is 11.6 Å². The molecule has 1 aromatic carbocycles. The van der Waals surface area contributed by atoms with E-state index in [-0.39, 0.29) is 30.3 Å². The molecule has 2 bridgehead atoms. The predicted molar refractivity (Wildman–Crippen MR) is 142 cm³/mol. The van der Waals surface area contributed by atoms with E-state index in [1.165, 1.54) is 4.90 Å². The molecular weight excluding hydrogens is 494 g/mol. The summed E-state index contributed by atoms with van der Waals surface area (Å²) >= 11 is 6.43. The number of amides is 3. The molecular formula is C28H40ClN3O5. The highest BCUT2D eigenvalue weighted by molar-refractivity contribution is 6.34. The quantitative estimate of drug-likeness (QED) is 0.450. The number of nitrogens with zero attached hydrogens (tertiary/aromatic N) is 1. The monoisotopic (exact) mass is 533 g/mol. The number of nitrogens with one attached hydrogen (secondary N) is 2. The fourth-order valence-corrected chi connectivity index (χ4v) is 7.20. The number of aryl methyl sites for hydroxylation is 1. The highest BCUT2D eigenvalue weighted by Crippen LogP contribution is 2.65. The second-order valence-electron chi connectivity index (χ2n) is 11.6. The molecule has 9 heteroatoms. The van der Waals surface area contributed by atoms with Crippen molar-refractivity contribution in [1.82, 2.24) is 10.2 Å². The van der Waals surface area contributed by atoms with Crippen molar-refractivity contribution in [3.8, 4) is 0 Å². The van der Waals surface area contributed by atoms with Crippen LogP contribution in [0, 0.1) is 30.6 Å². The predicted octanol–water partition coefficient (Wildman–Crippen LogP) is 3.53. The number of fused-ring (bicyclic) bond motifs is 1. The fraction of sp³-hybridized carbons (Fsp3) is 0.679. The van der Waals surface area contributed by atoms with Crippen molar-refractivity contribution in [3.63, 3.8) is 0 Å². The minimum absolute atomic E-state index is 0.0519. The van der Waals surface area contributed by atoms with Gasteiger partial charge in [0.25, 0.3) is 0 Å². The van der Waals surface area contributed by atoms with Gasteiger partial charge in [-0.1, -0.05) is 51.4 Å². The van der Waals surface area contributed by atoms with Crippen LogP contribution in [0.4, 0.5) is 5.69 Å². The van der Waals surface area contributed by atoms with Gasteiger partial charge in [-0.2, -0.15) is 0 Å². The maximum absolute atomic E-state index is 14.2. The van der Waals surface area contributed by atoms with E-state index in [9.17, 15) is 19.5 Å². The number of benzene rings is 1. The number of halogens is 1. The molecule has 3 amide bonds. The molecule has 3 aliphatic rings. The third-order valence-corrected chi connectivity index (χ3v) is 8.97. The van der Waals surface area contributed by atoms with Gasteiger partial charge in [-0.15, -0.1) is 0 Å². The number of rotatable bonds is 9. The maximum atomic E-state index is 14.2. The number of aliphatic hydroxyl groups is 1. The highest BCUT2D eigenvalue weighted by Gasteiger charge is 2.80. The SMILES string of the molecule is CCCNC(=O)[C@H]1[C@H]2C(=O)N([C@@H](CO)CC(C)C)C(C(=O)Nc3c(C)cccc3Cl)C23CC(C)[C@]1(C)O3. The third kappa shape index (κ3) is 4.35. The molecule has 3 heterocycles. The average Bonchev–Trinajstić information content (AvgIpc) is 3.35. The van der Waals surface area contributed by atoms with Crippen LogP contribution in [0.2, 0.25) is 5.02 Å². The molecule has 0 radical (unpaired) electrons. The van der Waals surface area contributed by atoms with Gasteiger partial charge in [0.05, 0.1) is 40.8 Å². The lowest BCUT2D eigenvalue weighted by Crippen LogP contribution is -2.56. The van der Waals surface area contributed by atoms with Crippen LogP contribution in [0.1, 0.15) is 59.4 Å². The lowest BCUT2D eigenvalue weighted by molar-refractivity contribution is -0.149. The number of carbonyl (C=O) groups excluding carboxylic acids is 3. The normalized spacial score (nSPS) is 33.1. The molecule has 0 aliphatic carbocycles. The summed E-state index contributed by atoms with van der Waals surface area (Å²) in [4.78, 5) is 43.4. The van der Waals surface area contributed by atoms with Gasteiger partial charge in [0.2, 0.25) is 17.7 Å². The Morgan fingerprint density at radius 2 is 2.00 bits per heavy atom. The van der Waals surface area contributed by atoms with Gasteiger partial charge in [0.15, 0.2) is 0 Å². The molecule has 1 aromatic rings. The lowest BCUT2D eigenvalue weighted by Gasteiger charge is -2.37. The minimum atomic E-state index is -1.18. The van der Waals surface area contributed by atoms with Crippen molar-refractivity contribution in [2.24, 2.45) is 23.7 Å². The summed E-state index contributed by atoms with van der Waals surface area (Å²) in [5, 5.41) is 16.7. The zero-order chi connectivity index (χ0) is 27.3. The molecule has 7 atom stereocenters. The minimum Gasteiger partial charge on any atom is -0.394 e. The summed E-state index contributed by atoms with van der Waals surface area (Å²) < 4.78 is 6.73. The highest BCUT2D eigenvalue weighted by atomic mass is 35.5. The number of ether oxygens (including phenoxy) is 1. The number of likely N-dealkylation sites (tertiary alicyclic amines) is 1. The molecule has 0 aromatic heterocycles. The van der Waals surface area contributed by atoms with Crippen LogP contribution in [0.25, 0.3) is 0 Å². The molecule has 204 valence electrons. The van der Waals surface area contributed by atoms with E-state index >= 15 is 0 Å². The van der Waals surface area contributed by atoms with Gasteiger partial charge < -0.3 is 25.4 Å². The number of hydrogen-bond acceptors (Lipinski definition) is 5. The van der Waals surface area contributed by atoms with E-state index in [0.29, 0.717) is 30.1 Å². The second-order valence-corrected chi connectivity index (χ2v) is 12.0. The van der Waals surface area contributed by atoms with Gasteiger partial charge in [0.1, 0.15) is 11.6 Å². The standard InChI is InChI=1S/C28H40ClN3O5/c1-7-11-30-24(34)20-21-26(36)32(18(14-33)12-15(2)3)23(28(21)13-17(5)27(20,6)37-28)25(35)31-22-16(4)9-8-10-19(22)29/h8-10,15,17-18,20-21,23,33H,7,11-14H2,1-6H3,(H,30,34)(H,31,35)/t17?,18-,20-,21+,23?,27+,28?/m1/s1. The van der Waals surface area contributed by atoms with Crippen molar-refractivity contribution in [1.29, 1.82) is 0 Å². The van der Waals surface area contributed by atoms with Crippen molar-refractivity contribution in [2.45, 2.75) is 84.1 Å². The number of aliphatic hydroxyl groups excluding tert-OH is 1. The molecule has 0 saturated carbocycles. The molecule has 3 fully saturated rings. The van der Waals surface area contributed by atoms with E-state index in [1.54, 1.807) is 6.07 Å². The molecule has 3 N–H and O–H groups in total. The van der Waals surface area contributed by atoms with E-state index in [0.717, 1.165) is 12.0 Å². The van der Waals surface area contributed by atoms with Crippen LogP contribution in [0.15, 0.2) is 18.2 Å². The number of carbonyl (C=O) groups is 3. The first-order chi connectivity index (χ1) is 17.4. The molecule has 4 rings (SSSR count). The first-order valence-electron chi connectivity index (χ1n) is 13.4. The zero-order valence-corrected chi connectivity index (χ0v) is 23.4. The number of anilines is 1. The Morgan fingerprint density at radius 1 is 1.30 bits per heavy atom. The van der Waals surface area contributed by atoms with E-state index in [1.807, 2.05) is 53.7 Å². The summed E-state index contributed by atoms with van der Waals surface area (Å²) in [5.41, 5.74) is -0.783. The Morgan fingerprint density at radius 3 is 2.59 bits per heavy atom. The summed E-state index contributed by atoms with van der Waals surface area (Å²) in [5.74, 6) is -2.35. The van der Waals surface area contributed by atoms with Crippen molar-refractivity contribution in [2.75, 3.05) is 18.5 Å². The van der Waals surface area contributed by atoms with Gasteiger partial charge in [-0.3, -0.25) is 14.4 Å². The first-order valence-corrected chi connectivity index (χ1v) is 13.8. The van der Waals surface area contributed by atoms with Crippen molar-refractivity contribution >= 4 is 35.0 Å². The molecule has 3 aliphatic heterocycles. The summed E-state index contributed by atoms with van der Waals surface area (Å²) in [6, 6.07) is 3.77. The summed E-state index contributed by atoms with van der Waals surface area (Å²) in [6.07, 6.45) is 1.75. The van der Waals surface area contributed by atoms with Gasteiger partial charge >= 0.3 is 0 Å². The lowest BCUT2D eigenvalue weighted by atomic mass is 9.62. The maximum Gasteiger partial charge on any atom is 0.250 e. The Kier molecular flexibility index (Phi) is 7.68. The number of hydrogen-bond donors (Lipinski definition) is 3. The smallest absolute Gasteiger partial charge is 0.250 e. The van der Waals surface area contributed by atoms with E-state index < -0.39 is 41.0 Å². The van der Waals surface area contributed by atoms with Crippen molar-refractivity contribution < 1.29 is 24.2 Å². The summed E-state index contributed by atoms with van der Waals surface area (Å²) in [7, 11) is 0. The Labute approximate surface area is 224 Å². The van der Waals surface area contributed by atoms with Crippen LogP contribution in [-0.4, -0.2) is 64.2 Å². The second kappa shape index (κ2) is 10.2.